The minimum absolute atomic E-state index is 0.231. The molecule has 4 aromatic rings. The van der Waals surface area contributed by atoms with Crippen LogP contribution in [0, 0.1) is 5.41 Å². The zero-order valence-corrected chi connectivity index (χ0v) is 19.6. The van der Waals surface area contributed by atoms with E-state index in [2.05, 4.69) is 81.5 Å². The number of hydrogen-bond acceptors (Lipinski definition) is 6. The van der Waals surface area contributed by atoms with Gasteiger partial charge in [0.05, 0.1) is 6.20 Å². The summed E-state index contributed by atoms with van der Waals surface area (Å²) < 4.78 is 0. The number of aromatic nitrogens is 4. The fourth-order valence-corrected chi connectivity index (χ4v) is 5.41. The van der Waals surface area contributed by atoms with Crippen molar-refractivity contribution in [3.05, 3.63) is 71.9 Å². The molecule has 0 bridgehead atoms. The molecule has 1 atom stereocenters. The van der Waals surface area contributed by atoms with Crippen molar-refractivity contribution in [3.63, 3.8) is 0 Å². The highest BCUT2D eigenvalue weighted by molar-refractivity contribution is 5.88. The minimum Gasteiger partial charge on any atom is -0.355 e. The Hall–Kier alpha value is -3.45. The number of benzene rings is 2. The van der Waals surface area contributed by atoms with Crippen molar-refractivity contribution in [3.8, 4) is 0 Å². The van der Waals surface area contributed by atoms with Crippen molar-refractivity contribution >= 4 is 28.5 Å². The third kappa shape index (κ3) is 3.60. The van der Waals surface area contributed by atoms with Gasteiger partial charge in [0, 0.05) is 31.2 Å². The van der Waals surface area contributed by atoms with Crippen LogP contribution >= 0.6 is 0 Å². The SMILES string of the molecule is CC1(CN)CCN(c2cnc3c(N4CCC(c5ccccc5)c5ccccc54)n[nH]c3n2)CC1. The summed E-state index contributed by atoms with van der Waals surface area (Å²) in [4.78, 5) is 14.3. The first-order valence-corrected chi connectivity index (χ1v) is 12.2. The van der Waals surface area contributed by atoms with Crippen molar-refractivity contribution in [2.24, 2.45) is 11.1 Å². The van der Waals surface area contributed by atoms with Gasteiger partial charge in [0.15, 0.2) is 17.0 Å². The molecule has 2 aromatic heterocycles. The summed E-state index contributed by atoms with van der Waals surface area (Å²) in [6, 6.07) is 19.4. The fourth-order valence-electron chi connectivity index (χ4n) is 5.41. The predicted molar refractivity (Wildman–Crippen MR) is 137 cm³/mol. The predicted octanol–water partition coefficient (Wildman–Crippen LogP) is 4.59. The molecular weight excluding hydrogens is 422 g/mol. The van der Waals surface area contributed by atoms with Crippen LogP contribution in [0.25, 0.3) is 11.2 Å². The lowest BCUT2D eigenvalue weighted by atomic mass is 9.80. The van der Waals surface area contributed by atoms with Gasteiger partial charge in [-0.2, -0.15) is 5.10 Å². The average molecular weight is 454 g/mol. The largest absolute Gasteiger partial charge is 0.355 e. The molecule has 6 rings (SSSR count). The minimum atomic E-state index is 0.231. The lowest BCUT2D eigenvalue weighted by molar-refractivity contribution is 0.258. The number of rotatable bonds is 4. The van der Waals surface area contributed by atoms with E-state index in [1.165, 1.54) is 16.8 Å². The van der Waals surface area contributed by atoms with Crippen LogP contribution in [0.4, 0.5) is 17.3 Å². The highest BCUT2D eigenvalue weighted by atomic mass is 15.3. The molecule has 2 aromatic carbocycles. The average Bonchev–Trinajstić information content (AvgIpc) is 3.32. The first-order valence-electron chi connectivity index (χ1n) is 12.2. The number of nitrogens with zero attached hydrogens (tertiary/aromatic N) is 5. The number of nitrogens with two attached hydrogens (primary N) is 1. The Bertz CT molecular complexity index is 1290. The van der Waals surface area contributed by atoms with E-state index in [0.717, 1.165) is 68.2 Å². The molecule has 7 heteroatoms. The Morgan fingerprint density at radius 1 is 1.03 bits per heavy atom. The number of H-pyrrole nitrogens is 1. The van der Waals surface area contributed by atoms with Gasteiger partial charge in [0.2, 0.25) is 0 Å². The number of anilines is 3. The molecular formula is C27H31N7. The topological polar surface area (TPSA) is 87.0 Å². The molecule has 0 saturated carbocycles. The molecule has 7 nitrogen and oxygen atoms in total. The number of aromatic amines is 1. The van der Waals surface area contributed by atoms with Crippen LogP contribution in [0.2, 0.25) is 0 Å². The summed E-state index contributed by atoms with van der Waals surface area (Å²) in [5.41, 5.74) is 11.7. The monoisotopic (exact) mass is 453 g/mol. The Labute approximate surface area is 200 Å². The molecule has 4 heterocycles. The van der Waals surface area contributed by atoms with E-state index in [0.29, 0.717) is 5.92 Å². The zero-order valence-electron chi connectivity index (χ0n) is 19.6. The molecule has 0 aliphatic carbocycles. The van der Waals surface area contributed by atoms with Gasteiger partial charge < -0.3 is 15.5 Å². The number of para-hydroxylation sites is 1. The van der Waals surface area contributed by atoms with Crippen molar-refractivity contribution in [1.29, 1.82) is 0 Å². The lowest BCUT2D eigenvalue weighted by Gasteiger charge is -2.39. The maximum atomic E-state index is 5.98. The van der Waals surface area contributed by atoms with E-state index in [9.17, 15) is 0 Å². The van der Waals surface area contributed by atoms with Crippen LogP contribution in [0.1, 0.15) is 43.2 Å². The highest BCUT2D eigenvalue weighted by Crippen LogP contribution is 2.43. The van der Waals surface area contributed by atoms with Crippen molar-refractivity contribution < 1.29 is 0 Å². The van der Waals surface area contributed by atoms with Crippen molar-refractivity contribution in [2.45, 2.75) is 32.1 Å². The van der Waals surface area contributed by atoms with Gasteiger partial charge in [-0.15, -0.1) is 0 Å². The van der Waals surface area contributed by atoms with Crippen LogP contribution in [-0.4, -0.2) is 46.3 Å². The third-order valence-electron chi connectivity index (χ3n) is 7.73. The molecule has 0 spiro atoms. The van der Waals surface area contributed by atoms with E-state index in [-0.39, 0.29) is 5.41 Å². The smallest absolute Gasteiger partial charge is 0.183 e. The summed E-state index contributed by atoms with van der Waals surface area (Å²) >= 11 is 0. The summed E-state index contributed by atoms with van der Waals surface area (Å²) in [6.07, 6.45) is 5.07. The highest BCUT2D eigenvalue weighted by Gasteiger charge is 2.31. The maximum Gasteiger partial charge on any atom is 0.183 e. The Morgan fingerprint density at radius 2 is 1.79 bits per heavy atom. The zero-order chi connectivity index (χ0) is 23.1. The van der Waals surface area contributed by atoms with Crippen LogP contribution in [0.15, 0.2) is 60.8 Å². The van der Waals surface area contributed by atoms with Crippen molar-refractivity contribution in [2.75, 3.05) is 36.0 Å². The second-order valence-corrected chi connectivity index (χ2v) is 9.94. The van der Waals surface area contributed by atoms with Gasteiger partial charge >= 0.3 is 0 Å². The van der Waals surface area contributed by atoms with Gasteiger partial charge in [-0.3, -0.25) is 5.10 Å². The van der Waals surface area contributed by atoms with Gasteiger partial charge in [-0.05, 0) is 48.4 Å². The second kappa shape index (κ2) is 8.40. The molecule has 3 N–H and O–H groups in total. The van der Waals surface area contributed by atoms with E-state index >= 15 is 0 Å². The second-order valence-electron chi connectivity index (χ2n) is 9.94. The number of piperidine rings is 1. The number of fused-ring (bicyclic) bond motifs is 2. The summed E-state index contributed by atoms with van der Waals surface area (Å²) in [5, 5.41) is 7.83. The summed E-state index contributed by atoms with van der Waals surface area (Å²) in [5.74, 6) is 2.14. The van der Waals surface area contributed by atoms with Gasteiger partial charge in [0.25, 0.3) is 0 Å². The molecule has 34 heavy (non-hydrogen) atoms. The third-order valence-corrected chi connectivity index (χ3v) is 7.73. The Morgan fingerprint density at radius 3 is 2.59 bits per heavy atom. The lowest BCUT2D eigenvalue weighted by Crippen LogP contribution is -2.42. The standard InChI is InChI=1S/C27H31N7/c1-27(18-28)12-15-33(16-13-27)23-17-29-24-25(30-23)31-32-26(24)34-14-11-20(19-7-3-2-4-8-19)21-9-5-6-10-22(21)34/h2-10,17,20H,11-16,18,28H2,1H3,(H,30,31,32). The fraction of sp³-hybridized carbons (Fsp3) is 0.370. The van der Waals surface area contributed by atoms with Crippen molar-refractivity contribution in [1.82, 2.24) is 20.2 Å². The summed E-state index contributed by atoms with van der Waals surface area (Å²) in [6.45, 7) is 5.80. The number of hydrogen-bond donors (Lipinski definition) is 2. The summed E-state index contributed by atoms with van der Waals surface area (Å²) in [7, 11) is 0. The first kappa shape index (κ1) is 21.1. The van der Waals surface area contributed by atoms with Crippen LogP contribution in [-0.2, 0) is 0 Å². The molecule has 2 aliphatic heterocycles. The quantitative estimate of drug-likeness (QED) is 0.470. The molecule has 1 fully saturated rings. The molecule has 1 saturated heterocycles. The van der Waals surface area contributed by atoms with Crippen LogP contribution in [0.5, 0.6) is 0 Å². The Kier molecular flexibility index (Phi) is 5.21. The maximum absolute atomic E-state index is 5.98. The van der Waals surface area contributed by atoms with E-state index < -0.39 is 0 Å². The van der Waals surface area contributed by atoms with Crippen LogP contribution in [0.3, 0.4) is 0 Å². The van der Waals surface area contributed by atoms with Gasteiger partial charge in [-0.1, -0.05) is 55.5 Å². The van der Waals surface area contributed by atoms with Crippen LogP contribution < -0.4 is 15.5 Å². The molecule has 0 amide bonds. The van der Waals surface area contributed by atoms with Gasteiger partial charge in [-0.25, -0.2) is 9.97 Å². The van der Waals surface area contributed by atoms with Gasteiger partial charge in [0.1, 0.15) is 5.82 Å². The Balaban J connectivity index is 1.31. The van der Waals surface area contributed by atoms with E-state index in [4.69, 9.17) is 15.7 Å². The molecule has 1 unspecified atom stereocenters. The normalized spacial score (nSPS) is 19.9. The number of nitrogens with one attached hydrogen (secondary N) is 1. The molecule has 0 radical (unpaired) electrons. The first-order chi connectivity index (χ1) is 16.6. The molecule has 174 valence electrons. The molecule has 2 aliphatic rings. The van der Waals surface area contributed by atoms with E-state index in [1.807, 2.05) is 6.20 Å². The van der Waals surface area contributed by atoms with E-state index in [1.54, 1.807) is 0 Å².